The Bertz CT molecular complexity index is 679. The van der Waals surface area contributed by atoms with E-state index in [9.17, 15) is 9.59 Å². The first kappa shape index (κ1) is 29.4. The molecule has 0 aliphatic rings. The lowest BCUT2D eigenvalue weighted by Crippen LogP contribution is -2.42. The van der Waals surface area contributed by atoms with Crippen LogP contribution in [0.15, 0.2) is 24.3 Å². The van der Waals surface area contributed by atoms with E-state index in [1.54, 1.807) is 20.8 Å². The van der Waals surface area contributed by atoms with E-state index in [-0.39, 0.29) is 19.1 Å². The zero-order chi connectivity index (χ0) is 24.5. The van der Waals surface area contributed by atoms with Crippen LogP contribution in [0.25, 0.3) is 0 Å². The maximum Gasteiger partial charge on any atom is 0.407 e. The quantitative estimate of drug-likeness (QED) is 0.234. The zero-order valence-electron chi connectivity index (χ0n) is 20.1. The van der Waals surface area contributed by atoms with E-state index in [2.05, 4.69) is 33.4 Å². The lowest BCUT2D eigenvalue weighted by molar-refractivity contribution is -0.118. The maximum atomic E-state index is 12.0. The predicted molar refractivity (Wildman–Crippen MR) is 131 cm³/mol. The average molecular weight is 531 g/mol. The summed E-state index contributed by atoms with van der Waals surface area (Å²) >= 11 is 3.31. The van der Waals surface area contributed by atoms with Crippen LogP contribution in [0.4, 0.5) is 4.79 Å². The summed E-state index contributed by atoms with van der Waals surface area (Å²) < 4.78 is 22.0. The van der Waals surface area contributed by atoms with E-state index < -0.39 is 17.6 Å². The average Bonchev–Trinajstić information content (AvgIpc) is 2.73. The molecular weight excluding hydrogens is 492 g/mol. The van der Waals surface area contributed by atoms with Crippen molar-refractivity contribution >= 4 is 27.9 Å². The molecule has 0 fully saturated rings. The molecule has 1 atom stereocenters. The van der Waals surface area contributed by atoms with Gasteiger partial charge in [-0.1, -0.05) is 40.2 Å². The minimum absolute atomic E-state index is 0.159. The van der Waals surface area contributed by atoms with E-state index in [1.165, 1.54) is 5.56 Å². The first-order chi connectivity index (χ1) is 15.7. The molecule has 0 aliphatic heterocycles. The minimum atomic E-state index is -0.603. The highest BCUT2D eigenvalue weighted by atomic mass is 79.9. The van der Waals surface area contributed by atoms with Gasteiger partial charge in [-0.25, -0.2) is 4.79 Å². The van der Waals surface area contributed by atoms with Crippen LogP contribution in [0.2, 0.25) is 0 Å². The number of nitrogens with two attached hydrogens (primary N) is 1. The van der Waals surface area contributed by atoms with Gasteiger partial charge in [0.15, 0.2) is 0 Å². The molecule has 0 aliphatic carbocycles. The summed E-state index contributed by atoms with van der Waals surface area (Å²) in [5.41, 5.74) is 6.91. The fourth-order valence-corrected chi connectivity index (χ4v) is 3.09. The lowest BCUT2D eigenvalue weighted by Gasteiger charge is -2.23. The van der Waals surface area contributed by atoms with Crippen LogP contribution >= 0.6 is 15.9 Å². The SMILES string of the molecule is CC(C)(C)OC(=O)NC(CCC(N)=O)COCc1ccc(CCCOCCOCCBr)cc1. The molecule has 3 N–H and O–H groups in total. The predicted octanol–water partition coefficient (Wildman–Crippen LogP) is 3.72. The van der Waals surface area contributed by atoms with Crippen LogP contribution in [0.5, 0.6) is 0 Å². The number of alkyl halides is 1. The summed E-state index contributed by atoms with van der Waals surface area (Å²) in [6, 6.07) is 7.87. The van der Waals surface area contributed by atoms with Gasteiger partial charge in [-0.15, -0.1) is 0 Å². The van der Waals surface area contributed by atoms with E-state index in [0.29, 0.717) is 39.5 Å². The Morgan fingerprint density at radius 2 is 1.64 bits per heavy atom. The molecule has 0 saturated carbocycles. The highest BCUT2D eigenvalue weighted by Crippen LogP contribution is 2.10. The van der Waals surface area contributed by atoms with Crippen molar-refractivity contribution in [1.82, 2.24) is 5.32 Å². The van der Waals surface area contributed by atoms with Crippen molar-refractivity contribution in [3.05, 3.63) is 35.4 Å². The standard InChI is InChI=1S/C24H39BrN2O6/c1-24(2,3)33-23(29)27-21(10-11-22(26)28)18-32-17-20-8-6-19(7-9-20)5-4-13-30-15-16-31-14-12-25/h6-9,21H,4-5,10-18H2,1-3H3,(H2,26,28)(H,27,29). The molecule has 188 valence electrons. The molecule has 0 bridgehead atoms. The fraction of sp³-hybridized carbons (Fsp3) is 0.667. The van der Waals surface area contributed by atoms with Crippen molar-refractivity contribution in [3.63, 3.8) is 0 Å². The number of nitrogens with one attached hydrogen (secondary N) is 1. The topological polar surface area (TPSA) is 109 Å². The number of halogens is 1. The molecule has 1 unspecified atom stereocenters. The summed E-state index contributed by atoms with van der Waals surface area (Å²) in [6.45, 7) is 8.68. The first-order valence-corrected chi connectivity index (χ1v) is 12.5. The Morgan fingerprint density at radius 1 is 1.00 bits per heavy atom. The molecule has 0 spiro atoms. The van der Waals surface area contributed by atoms with Gasteiger partial charge in [0.1, 0.15) is 5.60 Å². The number of ether oxygens (including phenoxy) is 4. The molecule has 33 heavy (non-hydrogen) atoms. The molecule has 0 saturated heterocycles. The van der Waals surface area contributed by atoms with Gasteiger partial charge in [-0.3, -0.25) is 4.79 Å². The van der Waals surface area contributed by atoms with Crippen LogP contribution in [-0.2, 0) is 36.8 Å². The number of rotatable bonds is 17. The second kappa shape index (κ2) is 16.9. The van der Waals surface area contributed by atoms with Crippen molar-refractivity contribution in [2.24, 2.45) is 5.73 Å². The van der Waals surface area contributed by atoms with Gasteiger partial charge in [0.25, 0.3) is 0 Å². The molecular formula is C24H39BrN2O6. The molecule has 1 aromatic rings. The van der Waals surface area contributed by atoms with Crippen LogP contribution < -0.4 is 11.1 Å². The van der Waals surface area contributed by atoms with Gasteiger partial charge < -0.3 is 30.0 Å². The highest BCUT2D eigenvalue weighted by Gasteiger charge is 2.20. The van der Waals surface area contributed by atoms with Gasteiger partial charge in [0.2, 0.25) is 5.91 Å². The summed E-state index contributed by atoms with van der Waals surface area (Å²) in [7, 11) is 0. The molecule has 9 heteroatoms. The van der Waals surface area contributed by atoms with Crippen LogP contribution in [0.1, 0.15) is 51.2 Å². The van der Waals surface area contributed by atoms with E-state index in [4.69, 9.17) is 24.7 Å². The lowest BCUT2D eigenvalue weighted by atomic mass is 10.1. The minimum Gasteiger partial charge on any atom is -0.444 e. The number of benzene rings is 1. The highest BCUT2D eigenvalue weighted by molar-refractivity contribution is 9.09. The molecule has 0 heterocycles. The Labute approximate surface area is 206 Å². The van der Waals surface area contributed by atoms with Crippen molar-refractivity contribution < 1.29 is 28.5 Å². The number of amides is 2. The summed E-state index contributed by atoms with van der Waals surface area (Å²) in [4.78, 5) is 23.2. The number of aryl methyl sites for hydroxylation is 1. The van der Waals surface area contributed by atoms with Crippen LogP contribution in [0, 0.1) is 0 Å². The van der Waals surface area contributed by atoms with Gasteiger partial charge in [-0.2, -0.15) is 0 Å². The van der Waals surface area contributed by atoms with E-state index >= 15 is 0 Å². The van der Waals surface area contributed by atoms with Crippen molar-refractivity contribution in [3.8, 4) is 0 Å². The summed E-state index contributed by atoms with van der Waals surface area (Å²) in [6.07, 6.45) is 1.90. The Hall–Kier alpha value is -1.68. The molecule has 1 aromatic carbocycles. The molecule has 0 aromatic heterocycles. The van der Waals surface area contributed by atoms with E-state index in [0.717, 1.165) is 23.7 Å². The number of hydrogen-bond acceptors (Lipinski definition) is 6. The Balaban J connectivity index is 2.34. The fourth-order valence-electron chi connectivity index (χ4n) is 2.86. The van der Waals surface area contributed by atoms with Crippen LogP contribution in [-0.4, -0.2) is 62.0 Å². The third-order valence-electron chi connectivity index (χ3n) is 4.42. The smallest absolute Gasteiger partial charge is 0.407 e. The molecule has 8 nitrogen and oxygen atoms in total. The number of alkyl carbamates (subject to hydrolysis) is 1. The first-order valence-electron chi connectivity index (χ1n) is 11.3. The molecule has 2 amide bonds. The number of hydrogen-bond donors (Lipinski definition) is 2. The second-order valence-electron chi connectivity index (χ2n) is 8.70. The number of primary amides is 1. The Morgan fingerprint density at radius 3 is 2.24 bits per heavy atom. The summed E-state index contributed by atoms with van der Waals surface area (Å²) in [5.74, 6) is -0.421. The third kappa shape index (κ3) is 16.6. The van der Waals surface area contributed by atoms with Gasteiger partial charge in [0, 0.05) is 18.4 Å². The van der Waals surface area contributed by atoms with E-state index in [1.807, 2.05) is 12.1 Å². The van der Waals surface area contributed by atoms with Crippen molar-refractivity contribution in [1.29, 1.82) is 0 Å². The Kier molecular flexibility index (Phi) is 15.0. The third-order valence-corrected chi connectivity index (χ3v) is 4.74. The number of carbonyl (C=O) groups excluding carboxylic acids is 2. The van der Waals surface area contributed by atoms with Crippen molar-refractivity contribution in [2.45, 2.75) is 64.7 Å². The summed E-state index contributed by atoms with van der Waals surface area (Å²) in [5, 5.41) is 3.60. The largest absolute Gasteiger partial charge is 0.444 e. The van der Waals surface area contributed by atoms with Gasteiger partial charge in [0.05, 0.1) is 39.1 Å². The normalized spacial score (nSPS) is 12.4. The van der Waals surface area contributed by atoms with Crippen LogP contribution in [0.3, 0.4) is 0 Å². The maximum absolute atomic E-state index is 12.0. The molecule has 0 radical (unpaired) electrons. The zero-order valence-corrected chi connectivity index (χ0v) is 21.7. The number of carbonyl (C=O) groups is 2. The molecule has 1 rings (SSSR count). The second-order valence-corrected chi connectivity index (χ2v) is 9.49. The monoisotopic (exact) mass is 530 g/mol. The van der Waals surface area contributed by atoms with Gasteiger partial charge >= 0.3 is 6.09 Å². The van der Waals surface area contributed by atoms with Crippen molar-refractivity contribution in [2.75, 3.05) is 38.4 Å². The van der Waals surface area contributed by atoms with Gasteiger partial charge in [-0.05, 0) is 51.2 Å².